The van der Waals surface area contributed by atoms with Gasteiger partial charge in [0, 0.05) is 0 Å². The highest BCUT2D eigenvalue weighted by Gasteiger charge is 2.46. The first kappa shape index (κ1) is 19.0. The minimum atomic E-state index is -5.39. The van der Waals surface area contributed by atoms with Crippen molar-refractivity contribution in [2.75, 3.05) is 7.11 Å². The number of carbonyl (C=O) groups excluding carboxylic acids is 1. The minimum Gasteiger partial charge on any atom is -0.469 e. The molecule has 1 unspecified atom stereocenters. The van der Waals surface area contributed by atoms with E-state index in [1.807, 2.05) is 0 Å². The zero-order chi connectivity index (χ0) is 18.7. The molecular formula is C17H15F3O4S. The maximum atomic E-state index is 12.6. The maximum absolute atomic E-state index is 12.6. The van der Waals surface area contributed by atoms with Crippen molar-refractivity contribution in [3.63, 3.8) is 0 Å². The summed E-state index contributed by atoms with van der Waals surface area (Å²) < 4.78 is 65.2. The van der Waals surface area contributed by atoms with E-state index >= 15 is 0 Å². The average Bonchev–Trinajstić information content (AvgIpc) is 2.59. The van der Waals surface area contributed by atoms with Gasteiger partial charge in [-0.1, -0.05) is 42.5 Å². The number of alkyl halides is 3. The van der Waals surface area contributed by atoms with Crippen molar-refractivity contribution in [3.8, 4) is 0 Å². The number of ether oxygens (including phenoxy) is 1. The molecule has 0 N–H and O–H groups in total. The number of rotatable bonds is 5. The number of methoxy groups -OCH3 is 1. The van der Waals surface area contributed by atoms with E-state index in [2.05, 4.69) is 0 Å². The van der Waals surface area contributed by atoms with Crippen LogP contribution in [0.5, 0.6) is 0 Å². The second kappa shape index (κ2) is 7.26. The standard InChI is InChI=1S/C17H15F3O4S/c1-24-16(21)15(13-5-3-2-4-6-13)11-12-7-9-14(10-8-12)25(22,23)17(18,19)20/h2-10,15H,11H2,1H3. The number of halogens is 3. The highest BCUT2D eigenvalue weighted by atomic mass is 32.2. The third-order valence-electron chi connectivity index (χ3n) is 3.67. The van der Waals surface area contributed by atoms with Crippen LogP contribution in [0.4, 0.5) is 13.2 Å². The van der Waals surface area contributed by atoms with E-state index in [9.17, 15) is 26.4 Å². The van der Waals surface area contributed by atoms with Gasteiger partial charge in [-0.3, -0.25) is 4.79 Å². The minimum absolute atomic E-state index is 0.170. The summed E-state index contributed by atoms with van der Waals surface area (Å²) in [6, 6.07) is 13.1. The molecule has 0 aliphatic heterocycles. The van der Waals surface area contributed by atoms with Crippen LogP contribution in [0.15, 0.2) is 59.5 Å². The summed E-state index contributed by atoms with van der Waals surface area (Å²) in [7, 11) is -4.14. The van der Waals surface area contributed by atoms with Gasteiger partial charge in [0.25, 0.3) is 9.84 Å². The topological polar surface area (TPSA) is 60.4 Å². The second-order valence-electron chi connectivity index (χ2n) is 5.28. The third-order valence-corrected chi connectivity index (χ3v) is 5.17. The Labute approximate surface area is 143 Å². The van der Waals surface area contributed by atoms with E-state index in [0.29, 0.717) is 11.1 Å². The molecule has 0 bridgehead atoms. The number of esters is 1. The number of hydrogen-bond donors (Lipinski definition) is 0. The van der Waals surface area contributed by atoms with E-state index in [1.54, 1.807) is 30.3 Å². The summed E-state index contributed by atoms with van der Waals surface area (Å²) in [6.45, 7) is 0. The van der Waals surface area contributed by atoms with Crippen LogP contribution in [0.1, 0.15) is 17.0 Å². The molecule has 8 heteroatoms. The van der Waals surface area contributed by atoms with Gasteiger partial charge >= 0.3 is 11.5 Å². The summed E-state index contributed by atoms with van der Waals surface area (Å²) in [5.74, 6) is -1.13. The fraction of sp³-hybridized carbons (Fsp3) is 0.235. The van der Waals surface area contributed by atoms with Crippen molar-refractivity contribution < 1.29 is 31.1 Å². The lowest BCUT2D eigenvalue weighted by Crippen LogP contribution is -2.23. The summed E-state index contributed by atoms with van der Waals surface area (Å²) >= 11 is 0. The van der Waals surface area contributed by atoms with Crippen LogP contribution in [0, 0.1) is 0 Å². The van der Waals surface area contributed by atoms with E-state index in [-0.39, 0.29) is 6.42 Å². The maximum Gasteiger partial charge on any atom is 0.501 e. The third kappa shape index (κ3) is 4.19. The van der Waals surface area contributed by atoms with E-state index in [4.69, 9.17) is 4.74 Å². The van der Waals surface area contributed by atoms with Crippen molar-refractivity contribution in [2.45, 2.75) is 22.7 Å². The van der Waals surface area contributed by atoms with Crippen LogP contribution < -0.4 is 0 Å². The molecular weight excluding hydrogens is 357 g/mol. The molecule has 0 saturated heterocycles. The predicted octanol–water partition coefficient (Wildman–Crippen LogP) is 3.48. The van der Waals surface area contributed by atoms with Crippen molar-refractivity contribution in [1.82, 2.24) is 0 Å². The Balaban J connectivity index is 2.29. The number of sulfone groups is 1. The fourth-order valence-electron chi connectivity index (χ4n) is 2.34. The quantitative estimate of drug-likeness (QED) is 0.754. The predicted molar refractivity (Wildman–Crippen MR) is 84.6 cm³/mol. The second-order valence-corrected chi connectivity index (χ2v) is 7.22. The molecule has 1 atom stereocenters. The van der Waals surface area contributed by atoms with Gasteiger partial charge in [-0.2, -0.15) is 13.2 Å². The first-order valence-electron chi connectivity index (χ1n) is 7.20. The normalized spacial score (nSPS) is 13.3. The van der Waals surface area contributed by atoms with Gasteiger partial charge in [-0.15, -0.1) is 0 Å². The Hall–Kier alpha value is -2.35. The number of benzene rings is 2. The van der Waals surface area contributed by atoms with Crippen LogP contribution in [0.25, 0.3) is 0 Å². The molecule has 0 aliphatic carbocycles. The zero-order valence-electron chi connectivity index (χ0n) is 13.2. The molecule has 25 heavy (non-hydrogen) atoms. The van der Waals surface area contributed by atoms with Gasteiger partial charge in [0.2, 0.25) is 0 Å². The lowest BCUT2D eigenvalue weighted by molar-refractivity contribution is -0.142. The molecule has 0 amide bonds. The van der Waals surface area contributed by atoms with Gasteiger partial charge in [0.1, 0.15) is 0 Å². The fourth-order valence-corrected chi connectivity index (χ4v) is 3.10. The molecule has 0 aromatic heterocycles. The molecule has 2 aromatic carbocycles. The molecule has 4 nitrogen and oxygen atoms in total. The van der Waals surface area contributed by atoms with E-state index in [0.717, 1.165) is 12.1 Å². The van der Waals surface area contributed by atoms with E-state index in [1.165, 1.54) is 19.2 Å². The molecule has 0 fully saturated rings. The van der Waals surface area contributed by atoms with Crippen molar-refractivity contribution in [3.05, 3.63) is 65.7 Å². The Morgan fingerprint density at radius 2 is 1.60 bits per heavy atom. The number of hydrogen-bond acceptors (Lipinski definition) is 4. The van der Waals surface area contributed by atoms with Crippen LogP contribution >= 0.6 is 0 Å². The van der Waals surface area contributed by atoms with Gasteiger partial charge in [0.15, 0.2) is 0 Å². The molecule has 2 aromatic rings. The van der Waals surface area contributed by atoms with Crippen molar-refractivity contribution in [1.29, 1.82) is 0 Å². The smallest absolute Gasteiger partial charge is 0.469 e. The molecule has 0 aliphatic rings. The molecule has 0 radical (unpaired) electrons. The van der Waals surface area contributed by atoms with Gasteiger partial charge in [-0.05, 0) is 29.7 Å². The monoisotopic (exact) mass is 372 g/mol. The Bertz CT molecular complexity index is 828. The average molecular weight is 372 g/mol. The zero-order valence-corrected chi connectivity index (χ0v) is 14.0. The first-order valence-corrected chi connectivity index (χ1v) is 8.68. The lowest BCUT2D eigenvalue weighted by atomic mass is 9.92. The highest BCUT2D eigenvalue weighted by molar-refractivity contribution is 7.92. The Morgan fingerprint density at radius 1 is 1.04 bits per heavy atom. The van der Waals surface area contributed by atoms with Crippen molar-refractivity contribution in [2.24, 2.45) is 0 Å². The Morgan fingerprint density at radius 3 is 2.08 bits per heavy atom. The summed E-state index contributed by atoms with van der Waals surface area (Å²) in [5.41, 5.74) is -4.14. The molecule has 0 heterocycles. The first-order chi connectivity index (χ1) is 11.7. The van der Waals surface area contributed by atoms with Crippen molar-refractivity contribution >= 4 is 15.8 Å². The largest absolute Gasteiger partial charge is 0.501 e. The molecule has 0 spiro atoms. The lowest BCUT2D eigenvalue weighted by Gasteiger charge is -2.15. The van der Waals surface area contributed by atoms with Crippen LogP contribution in [0.2, 0.25) is 0 Å². The van der Waals surface area contributed by atoms with Gasteiger partial charge < -0.3 is 4.74 Å². The molecule has 134 valence electrons. The van der Waals surface area contributed by atoms with Crippen LogP contribution in [0.3, 0.4) is 0 Å². The number of carbonyl (C=O) groups is 1. The summed E-state index contributed by atoms with van der Waals surface area (Å²) in [4.78, 5) is 11.2. The van der Waals surface area contributed by atoms with Crippen LogP contribution in [-0.4, -0.2) is 27.0 Å². The summed E-state index contributed by atoms with van der Waals surface area (Å²) in [5, 5.41) is 0. The SMILES string of the molecule is COC(=O)C(Cc1ccc(S(=O)(=O)C(F)(F)F)cc1)c1ccccc1. The van der Waals surface area contributed by atoms with E-state index < -0.39 is 32.1 Å². The molecule has 0 saturated carbocycles. The molecule has 2 rings (SSSR count). The van der Waals surface area contributed by atoms with Gasteiger partial charge in [-0.25, -0.2) is 8.42 Å². The van der Waals surface area contributed by atoms with Crippen LogP contribution in [-0.2, 0) is 25.8 Å². The Kier molecular flexibility index (Phi) is 5.52. The van der Waals surface area contributed by atoms with Gasteiger partial charge in [0.05, 0.1) is 17.9 Å². The summed E-state index contributed by atoms with van der Waals surface area (Å²) in [6.07, 6.45) is 0.170. The highest BCUT2D eigenvalue weighted by Crippen LogP contribution is 2.31.